The maximum atomic E-state index is 13.3. The van der Waals surface area contributed by atoms with Crippen LogP contribution < -0.4 is 10.2 Å². The Bertz CT molecular complexity index is 980. The Morgan fingerprint density at radius 1 is 1.23 bits per heavy atom. The van der Waals surface area contributed by atoms with Gasteiger partial charge in [-0.3, -0.25) is 4.79 Å². The van der Waals surface area contributed by atoms with Gasteiger partial charge in [0.15, 0.2) is 0 Å². The van der Waals surface area contributed by atoms with Crippen molar-refractivity contribution in [3.05, 3.63) is 47.5 Å². The van der Waals surface area contributed by atoms with Crippen molar-refractivity contribution in [2.75, 3.05) is 24.3 Å². The highest BCUT2D eigenvalue weighted by molar-refractivity contribution is 6.02. The lowest BCUT2D eigenvalue weighted by atomic mass is 10.1. The molecule has 0 saturated heterocycles. The van der Waals surface area contributed by atoms with Gasteiger partial charge in [0.2, 0.25) is 5.82 Å². The number of hydrogen-bond acceptors (Lipinski definition) is 5. The lowest BCUT2D eigenvalue weighted by Gasteiger charge is -2.18. The van der Waals surface area contributed by atoms with Crippen LogP contribution >= 0.6 is 0 Å². The fourth-order valence-electron chi connectivity index (χ4n) is 2.33. The largest absolute Gasteiger partial charge is 0.418 e. The van der Waals surface area contributed by atoms with E-state index in [4.69, 9.17) is 0 Å². The van der Waals surface area contributed by atoms with Gasteiger partial charge in [-0.15, -0.1) is 5.10 Å². The third-order valence-electron chi connectivity index (χ3n) is 3.71. The molecular formula is C16H15F3N6O. The second-order valence-electron chi connectivity index (χ2n) is 5.81. The number of nitrogens with one attached hydrogen (secondary N) is 1. The number of carbonyl (C=O) groups is 1. The lowest BCUT2D eigenvalue weighted by molar-refractivity contribution is -0.136. The number of hydrogen-bond donors (Lipinski definition) is 1. The SMILES string of the molecule is Cc1ccnc2nc(C(=O)Nc3ccc(N(C)C)cc3C(F)(F)F)nn12. The molecule has 1 aromatic carbocycles. The van der Waals surface area contributed by atoms with Crippen LogP contribution in [-0.4, -0.2) is 39.6 Å². The summed E-state index contributed by atoms with van der Waals surface area (Å²) in [4.78, 5) is 21.8. The summed E-state index contributed by atoms with van der Waals surface area (Å²) in [6.45, 7) is 1.74. The first-order valence-electron chi connectivity index (χ1n) is 7.55. The van der Waals surface area contributed by atoms with Crippen molar-refractivity contribution in [2.45, 2.75) is 13.1 Å². The van der Waals surface area contributed by atoms with E-state index in [9.17, 15) is 18.0 Å². The molecule has 0 fully saturated rings. The third kappa shape index (κ3) is 3.30. The molecule has 2 aromatic heterocycles. The van der Waals surface area contributed by atoms with Gasteiger partial charge in [0, 0.05) is 31.7 Å². The molecule has 3 rings (SSSR count). The zero-order chi connectivity index (χ0) is 19.1. The van der Waals surface area contributed by atoms with Crippen molar-refractivity contribution in [3.63, 3.8) is 0 Å². The van der Waals surface area contributed by atoms with Crippen molar-refractivity contribution in [3.8, 4) is 0 Å². The van der Waals surface area contributed by atoms with Crippen molar-refractivity contribution in [1.29, 1.82) is 0 Å². The number of halogens is 3. The summed E-state index contributed by atoms with van der Waals surface area (Å²) in [5, 5.41) is 6.22. The molecule has 0 atom stereocenters. The van der Waals surface area contributed by atoms with Gasteiger partial charge in [-0.2, -0.15) is 18.2 Å². The molecule has 1 N–H and O–H groups in total. The molecule has 10 heteroatoms. The number of aryl methyl sites for hydroxylation is 1. The Kier molecular flexibility index (Phi) is 4.26. The minimum absolute atomic E-state index is 0.189. The molecule has 1 amide bonds. The van der Waals surface area contributed by atoms with Crippen LogP contribution in [0.15, 0.2) is 30.5 Å². The average Bonchev–Trinajstić information content (AvgIpc) is 3.00. The second-order valence-corrected chi connectivity index (χ2v) is 5.81. The normalized spacial score (nSPS) is 11.6. The molecule has 26 heavy (non-hydrogen) atoms. The fraction of sp³-hybridized carbons (Fsp3) is 0.250. The van der Waals surface area contributed by atoms with Crippen molar-refractivity contribution >= 4 is 23.1 Å². The molecule has 7 nitrogen and oxygen atoms in total. The van der Waals surface area contributed by atoms with E-state index in [-0.39, 0.29) is 17.3 Å². The zero-order valence-corrected chi connectivity index (χ0v) is 14.2. The molecular weight excluding hydrogens is 349 g/mol. The van der Waals surface area contributed by atoms with E-state index in [0.29, 0.717) is 11.4 Å². The maximum Gasteiger partial charge on any atom is 0.418 e. The number of benzene rings is 1. The van der Waals surface area contributed by atoms with E-state index < -0.39 is 17.6 Å². The highest BCUT2D eigenvalue weighted by Crippen LogP contribution is 2.37. The number of fused-ring (bicyclic) bond motifs is 1. The minimum atomic E-state index is -4.63. The number of amides is 1. The van der Waals surface area contributed by atoms with Gasteiger partial charge >= 0.3 is 6.18 Å². The van der Waals surface area contributed by atoms with Crippen molar-refractivity contribution in [2.24, 2.45) is 0 Å². The van der Waals surface area contributed by atoms with E-state index in [1.54, 1.807) is 32.0 Å². The molecule has 0 spiro atoms. The molecule has 0 bridgehead atoms. The number of rotatable bonds is 3. The Labute approximate surface area is 146 Å². The number of anilines is 2. The van der Waals surface area contributed by atoms with Gasteiger partial charge in [0.1, 0.15) is 0 Å². The fourth-order valence-corrected chi connectivity index (χ4v) is 2.33. The van der Waals surface area contributed by atoms with E-state index >= 15 is 0 Å². The van der Waals surface area contributed by atoms with Gasteiger partial charge in [-0.05, 0) is 31.2 Å². The molecule has 0 aliphatic carbocycles. The molecule has 0 radical (unpaired) electrons. The first kappa shape index (κ1) is 17.6. The van der Waals surface area contributed by atoms with E-state index in [1.165, 1.54) is 22.8 Å². The smallest absolute Gasteiger partial charge is 0.378 e. The van der Waals surface area contributed by atoms with Gasteiger partial charge in [-0.25, -0.2) is 9.50 Å². The first-order chi connectivity index (χ1) is 12.2. The summed E-state index contributed by atoms with van der Waals surface area (Å²) in [6, 6.07) is 5.33. The van der Waals surface area contributed by atoms with E-state index in [1.807, 2.05) is 0 Å². The Balaban J connectivity index is 1.96. The van der Waals surface area contributed by atoms with Crippen LogP contribution in [0.5, 0.6) is 0 Å². The molecule has 0 aliphatic heterocycles. The second kappa shape index (κ2) is 6.28. The van der Waals surface area contributed by atoms with Crippen LogP contribution in [0.3, 0.4) is 0 Å². The Hall–Kier alpha value is -3.17. The molecule has 0 unspecified atom stereocenters. The van der Waals surface area contributed by atoms with E-state index in [0.717, 1.165) is 6.07 Å². The summed E-state index contributed by atoms with van der Waals surface area (Å²) in [7, 11) is 3.26. The molecule has 0 saturated carbocycles. The Morgan fingerprint density at radius 2 is 1.96 bits per heavy atom. The van der Waals surface area contributed by atoms with Crippen LogP contribution in [0.25, 0.3) is 5.78 Å². The Morgan fingerprint density at radius 3 is 2.58 bits per heavy atom. The van der Waals surface area contributed by atoms with Crippen molar-refractivity contribution in [1.82, 2.24) is 19.6 Å². The monoisotopic (exact) mass is 364 g/mol. The number of aromatic nitrogens is 4. The summed E-state index contributed by atoms with van der Waals surface area (Å²) < 4.78 is 41.4. The average molecular weight is 364 g/mol. The number of nitrogens with zero attached hydrogens (tertiary/aromatic N) is 5. The summed E-state index contributed by atoms with van der Waals surface area (Å²) in [5.74, 6) is -0.927. The van der Waals surface area contributed by atoms with Gasteiger partial charge < -0.3 is 10.2 Å². The standard InChI is InChI=1S/C16H15F3N6O/c1-9-6-7-20-15-22-13(23-25(9)15)14(26)21-12-5-4-10(24(2)3)8-11(12)16(17,18)19/h4-8H,1-3H3,(H,21,26). The highest BCUT2D eigenvalue weighted by atomic mass is 19.4. The van der Waals surface area contributed by atoms with Gasteiger partial charge in [0.05, 0.1) is 11.3 Å². The number of carbonyl (C=O) groups excluding carboxylic acids is 1. The highest BCUT2D eigenvalue weighted by Gasteiger charge is 2.34. The lowest BCUT2D eigenvalue weighted by Crippen LogP contribution is -2.19. The van der Waals surface area contributed by atoms with Crippen LogP contribution in [-0.2, 0) is 6.18 Å². The quantitative estimate of drug-likeness (QED) is 0.773. The van der Waals surface area contributed by atoms with Crippen LogP contribution in [0.4, 0.5) is 24.5 Å². The van der Waals surface area contributed by atoms with Gasteiger partial charge in [-0.1, -0.05) is 0 Å². The minimum Gasteiger partial charge on any atom is -0.378 e. The molecule has 0 aliphatic rings. The molecule has 136 valence electrons. The summed E-state index contributed by atoms with van der Waals surface area (Å²) >= 11 is 0. The predicted molar refractivity (Wildman–Crippen MR) is 89.2 cm³/mol. The zero-order valence-electron chi connectivity index (χ0n) is 14.2. The maximum absolute atomic E-state index is 13.3. The van der Waals surface area contributed by atoms with E-state index in [2.05, 4.69) is 20.4 Å². The van der Waals surface area contributed by atoms with Crippen LogP contribution in [0, 0.1) is 6.92 Å². The van der Waals surface area contributed by atoms with Crippen molar-refractivity contribution < 1.29 is 18.0 Å². The molecule has 3 aromatic rings. The van der Waals surface area contributed by atoms with Gasteiger partial charge in [0.25, 0.3) is 11.7 Å². The van der Waals surface area contributed by atoms with Crippen LogP contribution in [0.2, 0.25) is 0 Å². The predicted octanol–water partition coefficient (Wildman–Crippen LogP) is 2.77. The third-order valence-corrected chi connectivity index (χ3v) is 3.71. The number of alkyl halides is 3. The topological polar surface area (TPSA) is 75.4 Å². The molecule has 2 heterocycles. The first-order valence-corrected chi connectivity index (χ1v) is 7.55. The summed E-state index contributed by atoms with van der Waals surface area (Å²) in [6.07, 6.45) is -3.12. The van der Waals surface area contributed by atoms with Crippen LogP contribution in [0.1, 0.15) is 21.9 Å². The summed E-state index contributed by atoms with van der Waals surface area (Å²) in [5.41, 5.74) is -0.263.